The van der Waals surface area contributed by atoms with Crippen LogP contribution in [0.25, 0.3) is 6.08 Å². The molecule has 1 N–H and O–H groups in total. The first-order valence-corrected chi connectivity index (χ1v) is 4.77. The van der Waals surface area contributed by atoms with E-state index < -0.39 is 0 Å². The number of nitrogens with one attached hydrogen (secondary N) is 1. The zero-order valence-corrected chi connectivity index (χ0v) is 8.38. The van der Waals surface area contributed by atoms with Gasteiger partial charge < -0.3 is 5.32 Å². The number of rotatable bonds is 4. The number of likely N-dealkylation sites (N-methyl/N-ethyl adjacent to an activating group) is 1. The average Bonchev–Trinajstić information content (AvgIpc) is 2.19. The Balaban J connectivity index is 2.74. The van der Waals surface area contributed by atoms with Crippen LogP contribution in [-0.2, 0) is 6.42 Å². The number of hydrogen-bond acceptors (Lipinski definition) is 1. The predicted octanol–water partition coefficient (Wildman–Crippen LogP) is 2.48. The van der Waals surface area contributed by atoms with E-state index in [0.29, 0.717) is 0 Å². The van der Waals surface area contributed by atoms with E-state index in [2.05, 4.69) is 48.7 Å². The highest BCUT2D eigenvalue weighted by atomic mass is 14.8. The lowest BCUT2D eigenvalue weighted by Gasteiger charge is -2.01. The smallest absolute Gasteiger partial charge is 0.0135 e. The molecule has 0 amide bonds. The van der Waals surface area contributed by atoms with Gasteiger partial charge in [0.2, 0.25) is 0 Å². The maximum atomic E-state index is 3.09. The van der Waals surface area contributed by atoms with E-state index in [0.717, 1.165) is 13.0 Å². The molecule has 0 radical (unpaired) electrons. The number of hydrogen-bond donors (Lipinski definition) is 1. The summed E-state index contributed by atoms with van der Waals surface area (Å²) in [7, 11) is 1.95. The van der Waals surface area contributed by atoms with E-state index in [9.17, 15) is 0 Å². The van der Waals surface area contributed by atoms with E-state index in [-0.39, 0.29) is 0 Å². The third-order valence-electron chi connectivity index (χ3n) is 2.06. The first-order chi connectivity index (χ1) is 6.38. The highest BCUT2D eigenvalue weighted by molar-refractivity contribution is 5.53. The van der Waals surface area contributed by atoms with E-state index in [1.165, 1.54) is 11.1 Å². The van der Waals surface area contributed by atoms with Crippen molar-refractivity contribution in [3.05, 3.63) is 41.5 Å². The first kappa shape index (κ1) is 10.0. The van der Waals surface area contributed by atoms with Gasteiger partial charge in [0.1, 0.15) is 0 Å². The molecule has 0 unspecified atom stereocenters. The Kier molecular flexibility index (Phi) is 4.27. The Morgan fingerprint density at radius 2 is 2.08 bits per heavy atom. The van der Waals surface area contributed by atoms with Gasteiger partial charge in [0.05, 0.1) is 0 Å². The highest BCUT2D eigenvalue weighted by Crippen LogP contribution is 2.10. The predicted molar refractivity (Wildman–Crippen MR) is 58.8 cm³/mol. The fraction of sp³-hybridized carbons (Fsp3) is 0.333. The fourth-order valence-electron chi connectivity index (χ4n) is 1.32. The number of benzene rings is 1. The van der Waals surface area contributed by atoms with Crippen molar-refractivity contribution < 1.29 is 0 Å². The summed E-state index contributed by atoms with van der Waals surface area (Å²) < 4.78 is 0. The summed E-state index contributed by atoms with van der Waals surface area (Å²) in [5, 5.41) is 3.09. The second kappa shape index (κ2) is 5.55. The van der Waals surface area contributed by atoms with Crippen LogP contribution in [0.3, 0.4) is 0 Å². The zero-order valence-electron chi connectivity index (χ0n) is 8.38. The molecule has 0 aliphatic heterocycles. The molecule has 70 valence electrons. The first-order valence-electron chi connectivity index (χ1n) is 4.77. The summed E-state index contributed by atoms with van der Waals surface area (Å²) in [5.41, 5.74) is 2.75. The molecule has 0 saturated heterocycles. The van der Waals surface area contributed by atoms with Crippen LogP contribution in [0.5, 0.6) is 0 Å². The summed E-state index contributed by atoms with van der Waals surface area (Å²) >= 11 is 0. The van der Waals surface area contributed by atoms with Crippen LogP contribution in [0.15, 0.2) is 30.3 Å². The van der Waals surface area contributed by atoms with Gasteiger partial charge in [-0.3, -0.25) is 0 Å². The van der Waals surface area contributed by atoms with Crippen molar-refractivity contribution in [1.82, 2.24) is 5.32 Å². The molecule has 0 heterocycles. The quantitative estimate of drug-likeness (QED) is 0.741. The van der Waals surface area contributed by atoms with Gasteiger partial charge in [-0.25, -0.2) is 0 Å². The Morgan fingerprint density at radius 1 is 1.31 bits per heavy atom. The van der Waals surface area contributed by atoms with Gasteiger partial charge in [-0.2, -0.15) is 0 Å². The summed E-state index contributed by atoms with van der Waals surface area (Å²) in [4.78, 5) is 0. The minimum Gasteiger partial charge on any atom is -0.316 e. The SMILES string of the molecule is CCc1ccccc1C=CCNC. The van der Waals surface area contributed by atoms with Crippen molar-refractivity contribution in [2.45, 2.75) is 13.3 Å². The normalized spacial score (nSPS) is 10.9. The van der Waals surface area contributed by atoms with Crippen molar-refractivity contribution in [3.8, 4) is 0 Å². The van der Waals surface area contributed by atoms with Crippen molar-refractivity contribution in [2.24, 2.45) is 0 Å². The second-order valence-electron chi connectivity index (χ2n) is 3.01. The molecule has 0 spiro atoms. The molecule has 1 rings (SSSR count). The largest absolute Gasteiger partial charge is 0.316 e. The topological polar surface area (TPSA) is 12.0 Å². The van der Waals surface area contributed by atoms with Gasteiger partial charge in [-0.05, 0) is 24.6 Å². The highest BCUT2D eigenvalue weighted by Gasteiger charge is 1.93. The van der Waals surface area contributed by atoms with E-state index >= 15 is 0 Å². The Labute approximate surface area is 80.5 Å². The monoisotopic (exact) mass is 175 g/mol. The van der Waals surface area contributed by atoms with Crippen LogP contribution < -0.4 is 5.32 Å². The third kappa shape index (κ3) is 3.03. The lowest BCUT2D eigenvalue weighted by atomic mass is 10.1. The molecule has 1 heteroatoms. The average molecular weight is 175 g/mol. The van der Waals surface area contributed by atoms with E-state index in [1.54, 1.807) is 0 Å². The van der Waals surface area contributed by atoms with Crippen LogP contribution in [0, 0.1) is 0 Å². The summed E-state index contributed by atoms with van der Waals surface area (Å²) in [5.74, 6) is 0. The van der Waals surface area contributed by atoms with Crippen molar-refractivity contribution >= 4 is 6.08 Å². The van der Waals surface area contributed by atoms with Crippen LogP contribution >= 0.6 is 0 Å². The summed E-state index contributed by atoms with van der Waals surface area (Å²) in [6.07, 6.45) is 5.42. The molecule has 0 fully saturated rings. The minimum atomic E-state index is 0.929. The number of aryl methyl sites for hydroxylation is 1. The molecule has 1 nitrogen and oxygen atoms in total. The van der Waals surface area contributed by atoms with E-state index in [1.807, 2.05) is 7.05 Å². The van der Waals surface area contributed by atoms with Crippen molar-refractivity contribution in [2.75, 3.05) is 13.6 Å². The maximum absolute atomic E-state index is 3.09. The van der Waals surface area contributed by atoms with Gasteiger partial charge in [0, 0.05) is 6.54 Å². The lowest BCUT2D eigenvalue weighted by Crippen LogP contribution is -2.03. The van der Waals surface area contributed by atoms with Gasteiger partial charge in [-0.1, -0.05) is 43.3 Å². The Bertz CT molecular complexity index is 276. The molecule has 0 saturated carbocycles. The molecule has 1 aromatic rings. The Hall–Kier alpha value is -1.08. The maximum Gasteiger partial charge on any atom is 0.0135 e. The van der Waals surface area contributed by atoms with Crippen molar-refractivity contribution in [1.29, 1.82) is 0 Å². The molecular weight excluding hydrogens is 158 g/mol. The molecule has 0 aliphatic rings. The fourth-order valence-corrected chi connectivity index (χ4v) is 1.32. The van der Waals surface area contributed by atoms with Crippen LogP contribution in [-0.4, -0.2) is 13.6 Å². The minimum absolute atomic E-state index is 0.929. The molecular formula is C12H17N. The van der Waals surface area contributed by atoms with Crippen molar-refractivity contribution in [3.63, 3.8) is 0 Å². The van der Waals surface area contributed by atoms with Crippen LogP contribution in [0.1, 0.15) is 18.1 Å². The molecule has 1 aromatic carbocycles. The van der Waals surface area contributed by atoms with Gasteiger partial charge in [-0.15, -0.1) is 0 Å². The summed E-state index contributed by atoms with van der Waals surface area (Å²) in [6.45, 7) is 3.11. The second-order valence-corrected chi connectivity index (χ2v) is 3.01. The molecule has 0 atom stereocenters. The molecule has 13 heavy (non-hydrogen) atoms. The molecule has 0 bridgehead atoms. The van der Waals surface area contributed by atoms with Crippen LogP contribution in [0.4, 0.5) is 0 Å². The molecule has 0 aromatic heterocycles. The lowest BCUT2D eigenvalue weighted by molar-refractivity contribution is 0.922. The van der Waals surface area contributed by atoms with E-state index in [4.69, 9.17) is 0 Å². The van der Waals surface area contributed by atoms with Gasteiger partial charge in [0.25, 0.3) is 0 Å². The van der Waals surface area contributed by atoms with Gasteiger partial charge >= 0.3 is 0 Å². The standard InChI is InChI=1S/C12H17N/c1-3-11-7-4-5-8-12(11)9-6-10-13-2/h4-9,13H,3,10H2,1-2H3. The summed E-state index contributed by atoms with van der Waals surface area (Å²) in [6, 6.07) is 8.51. The Morgan fingerprint density at radius 3 is 2.77 bits per heavy atom. The third-order valence-corrected chi connectivity index (χ3v) is 2.06. The van der Waals surface area contributed by atoms with Gasteiger partial charge in [0.15, 0.2) is 0 Å². The van der Waals surface area contributed by atoms with Crippen LogP contribution in [0.2, 0.25) is 0 Å². The molecule has 0 aliphatic carbocycles. The zero-order chi connectivity index (χ0) is 9.52.